The van der Waals surface area contributed by atoms with E-state index in [1.807, 2.05) is 10.9 Å². The minimum absolute atomic E-state index is 0.362. The number of hydrogen-bond acceptors (Lipinski definition) is 3. The first-order chi connectivity index (χ1) is 6.63. The molecule has 0 N–H and O–H groups in total. The van der Waals surface area contributed by atoms with E-state index in [0.717, 1.165) is 11.3 Å². The van der Waals surface area contributed by atoms with E-state index in [4.69, 9.17) is 4.74 Å². The molecule has 0 aliphatic rings. The summed E-state index contributed by atoms with van der Waals surface area (Å²) in [6, 6.07) is 0.362. The van der Waals surface area contributed by atoms with Crippen molar-refractivity contribution in [2.45, 2.75) is 19.9 Å². The molecular weight excluding hydrogens is 196 g/mol. The second-order valence-corrected chi connectivity index (χ2v) is 3.76. The first-order valence-corrected chi connectivity index (χ1v) is 5.21. The van der Waals surface area contributed by atoms with Crippen molar-refractivity contribution in [3.63, 3.8) is 0 Å². The molecule has 3 nitrogen and oxygen atoms in total. The molecule has 0 saturated carbocycles. The van der Waals surface area contributed by atoms with E-state index in [0.29, 0.717) is 18.4 Å². The smallest absolute Gasteiger partial charge is 0.157 e. The predicted octanol–water partition coefficient (Wildman–Crippen LogP) is 2.33. The molecule has 0 unspecified atom stereocenters. The minimum atomic E-state index is 0.362. The summed E-state index contributed by atoms with van der Waals surface area (Å²) < 4.78 is 7.32. The Bertz CT molecular complexity index is 307. The largest absolute Gasteiger partial charge is 0.486 e. The topological polar surface area (TPSA) is 27.1 Å². The van der Waals surface area contributed by atoms with Gasteiger partial charge in [0.1, 0.15) is 6.61 Å². The van der Waals surface area contributed by atoms with Gasteiger partial charge >= 0.3 is 0 Å². The maximum absolute atomic E-state index is 5.46. The van der Waals surface area contributed by atoms with Crippen LogP contribution in [0.4, 0.5) is 0 Å². The van der Waals surface area contributed by atoms with Gasteiger partial charge in [-0.15, -0.1) is 0 Å². The lowest BCUT2D eigenvalue weighted by Crippen LogP contribution is -2.01. The second-order valence-electron chi connectivity index (χ2n) is 3.45. The average molecular weight is 212 g/mol. The maximum Gasteiger partial charge on any atom is 0.157 e. The van der Waals surface area contributed by atoms with Crippen molar-refractivity contribution in [3.05, 3.63) is 24.5 Å². The molecule has 0 saturated heterocycles. The monoisotopic (exact) mass is 212 g/mol. The van der Waals surface area contributed by atoms with Gasteiger partial charge in [0.25, 0.3) is 0 Å². The van der Waals surface area contributed by atoms with Crippen molar-refractivity contribution >= 4 is 12.6 Å². The third kappa shape index (κ3) is 3.10. The molecule has 0 aliphatic carbocycles. The van der Waals surface area contributed by atoms with Crippen LogP contribution in [0.5, 0.6) is 5.75 Å². The number of nitrogens with zero attached hydrogens (tertiary/aromatic N) is 2. The lowest BCUT2D eigenvalue weighted by atomic mass is 10.4. The standard InChI is InChI=1S/C10H16N2OS/c1-8(2)12-5-10(4-11-12)13-6-9(3)7-14/h4-5,8,14H,3,6-7H2,1-2H3. The van der Waals surface area contributed by atoms with E-state index in [1.54, 1.807) is 6.20 Å². The summed E-state index contributed by atoms with van der Waals surface area (Å²) in [7, 11) is 0. The fourth-order valence-electron chi connectivity index (χ4n) is 0.909. The van der Waals surface area contributed by atoms with Crippen molar-refractivity contribution in [2.24, 2.45) is 0 Å². The lowest BCUT2D eigenvalue weighted by Gasteiger charge is -2.04. The number of thiol groups is 1. The SMILES string of the molecule is C=C(CS)COc1cnn(C(C)C)c1. The number of aromatic nitrogens is 2. The molecule has 0 atom stereocenters. The first-order valence-electron chi connectivity index (χ1n) is 4.58. The van der Waals surface area contributed by atoms with Crippen LogP contribution in [0.3, 0.4) is 0 Å². The first kappa shape index (κ1) is 11.2. The molecule has 1 rings (SSSR count). The maximum atomic E-state index is 5.46. The molecular formula is C10H16N2OS. The van der Waals surface area contributed by atoms with E-state index < -0.39 is 0 Å². The highest BCUT2D eigenvalue weighted by Gasteiger charge is 2.02. The molecule has 0 radical (unpaired) electrons. The molecule has 0 aliphatic heterocycles. The van der Waals surface area contributed by atoms with Crippen molar-refractivity contribution in [1.82, 2.24) is 9.78 Å². The lowest BCUT2D eigenvalue weighted by molar-refractivity contribution is 0.352. The minimum Gasteiger partial charge on any atom is -0.486 e. The zero-order valence-electron chi connectivity index (χ0n) is 8.60. The van der Waals surface area contributed by atoms with Gasteiger partial charge in [-0.1, -0.05) is 6.58 Å². The molecule has 14 heavy (non-hydrogen) atoms. The van der Waals surface area contributed by atoms with Crippen LogP contribution in [0, 0.1) is 0 Å². The summed E-state index contributed by atoms with van der Waals surface area (Å²) in [4.78, 5) is 0. The third-order valence-electron chi connectivity index (χ3n) is 1.77. The Kier molecular flexibility index (Phi) is 4.07. The van der Waals surface area contributed by atoms with Gasteiger partial charge in [-0.05, 0) is 19.4 Å². The van der Waals surface area contributed by atoms with Gasteiger partial charge in [0.05, 0.1) is 12.4 Å². The molecule has 0 aromatic carbocycles. The van der Waals surface area contributed by atoms with E-state index in [1.165, 1.54) is 0 Å². The van der Waals surface area contributed by atoms with Crippen LogP contribution in [0.25, 0.3) is 0 Å². The molecule has 4 heteroatoms. The molecule has 78 valence electrons. The molecule has 0 spiro atoms. The second kappa shape index (κ2) is 5.10. The summed E-state index contributed by atoms with van der Waals surface area (Å²) in [6.07, 6.45) is 3.60. The van der Waals surface area contributed by atoms with Crippen molar-refractivity contribution in [2.75, 3.05) is 12.4 Å². The summed E-state index contributed by atoms with van der Waals surface area (Å²) in [5, 5.41) is 4.16. The van der Waals surface area contributed by atoms with Crippen molar-refractivity contribution < 1.29 is 4.74 Å². The van der Waals surface area contributed by atoms with Crippen molar-refractivity contribution in [1.29, 1.82) is 0 Å². The Hall–Kier alpha value is -0.900. The summed E-state index contributed by atoms with van der Waals surface area (Å²) in [5.41, 5.74) is 0.964. The number of rotatable bonds is 5. The molecule has 1 aromatic rings. The summed E-state index contributed by atoms with van der Waals surface area (Å²) in [6.45, 7) is 8.45. The van der Waals surface area contributed by atoms with E-state index in [9.17, 15) is 0 Å². The van der Waals surface area contributed by atoms with Gasteiger partial charge in [0, 0.05) is 11.8 Å². The predicted molar refractivity (Wildman–Crippen MR) is 61.1 cm³/mol. The van der Waals surface area contributed by atoms with Crippen LogP contribution in [0.1, 0.15) is 19.9 Å². The fourth-order valence-corrected chi connectivity index (χ4v) is 1.000. The highest BCUT2D eigenvalue weighted by molar-refractivity contribution is 7.80. The van der Waals surface area contributed by atoms with E-state index >= 15 is 0 Å². The van der Waals surface area contributed by atoms with E-state index in [2.05, 4.69) is 38.2 Å². The Balaban J connectivity index is 2.48. The van der Waals surface area contributed by atoms with Crippen LogP contribution in [0.2, 0.25) is 0 Å². The highest BCUT2D eigenvalue weighted by atomic mass is 32.1. The Morgan fingerprint density at radius 1 is 1.71 bits per heavy atom. The van der Waals surface area contributed by atoms with Crippen LogP contribution in [-0.2, 0) is 0 Å². The van der Waals surface area contributed by atoms with Crippen molar-refractivity contribution in [3.8, 4) is 5.75 Å². The molecule has 0 bridgehead atoms. The molecule has 0 fully saturated rings. The van der Waals surface area contributed by atoms with E-state index in [-0.39, 0.29) is 0 Å². The van der Waals surface area contributed by atoms with Gasteiger partial charge in [0.15, 0.2) is 5.75 Å². The number of ether oxygens (including phenoxy) is 1. The highest BCUT2D eigenvalue weighted by Crippen LogP contribution is 2.13. The fraction of sp³-hybridized carbons (Fsp3) is 0.500. The normalized spacial score (nSPS) is 10.6. The molecule has 0 amide bonds. The van der Waals surface area contributed by atoms with Crippen LogP contribution < -0.4 is 4.74 Å². The zero-order chi connectivity index (χ0) is 10.6. The van der Waals surface area contributed by atoms with Gasteiger partial charge < -0.3 is 4.74 Å². The summed E-state index contributed by atoms with van der Waals surface area (Å²) in [5.74, 6) is 1.43. The van der Waals surface area contributed by atoms with Crippen LogP contribution >= 0.6 is 12.6 Å². The zero-order valence-corrected chi connectivity index (χ0v) is 9.50. The quantitative estimate of drug-likeness (QED) is 0.599. The van der Waals surface area contributed by atoms with Crippen LogP contribution in [-0.4, -0.2) is 22.1 Å². The van der Waals surface area contributed by atoms with Gasteiger partial charge in [-0.2, -0.15) is 17.7 Å². The summed E-state index contributed by atoms with van der Waals surface area (Å²) >= 11 is 4.10. The Morgan fingerprint density at radius 3 is 2.93 bits per heavy atom. The third-order valence-corrected chi connectivity index (χ3v) is 2.22. The van der Waals surface area contributed by atoms with Gasteiger partial charge in [-0.25, -0.2) is 0 Å². The van der Waals surface area contributed by atoms with Crippen LogP contribution in [0.15, 0.2) is 24.5 Å². The number of hydrogen-bond donors (Lipinski definition) is 1. The molecule has 1 heterocycles. The van der Waals surface area contributed by atoms with Gasteiger partial charge in [-0.3, -0.25) is 4.68 Å². The average Bonchev–Trinajstić information content (AvgIpc) is 2.62. The molecule has 1 aromatic heterocycles. The van der Waals surface area contributed by atoms with Gasteiger partial charge in [0.2, 0.25) is 0 Å². The Morgan fingerprint density at radius 2 is 2.43 bits per heavy atom. The Labute approximate surface area is 90.2 Å².